The molecule has 1 unspecified atom stereocenters. The lowest BCUT2D eigenvalue weighted by Crippen LogP contribution is -2.44. The van der Waals surface area contributed by atoms with Crippen LogP contribution in [0.1, 0.15) is 23.1 Å². The van der Waals surface area contributed by atoms with Gasteiger partial charge in [-0.2, -0.15) is 0 Å². The SMILES string of the molecule is Cc1oc(-c2cccs2)nc1CC(=O)NCC(c1ccc(F)cc1)N1CCOCC1. The molecule has 0 saturated carbocycles. The molecule has 2 aromatic heterocycles. The number of aryl methyl sites for hydroxylation is 1. The zero-order valence-corrected chi connectivity index (χ0v) is 17.6. The van der Waals surface area contributed by atoms with Crippen molar-refractivity contribution in [1.82, 2.24) is 15.2 Å². The number of carbonyl (C=O) groups excluding carboxylic acids is 1. The van der Waals surface area contributed by atoms with Gasteiger partial charge in [-0.15, -0.1) is 11.3 Å². The first-order chi connectivity index (χ1) is 14.6. The van der Waals surface area contributed by atoms with Crippen LogP contribution in [0.25, 0.3) is 10.8 Å². The topological polar surface area (TPSA) is 67.6 Å². The van der Waals surface area contributed by atoms with Gasteiger partial charge in [-0.25, -0.2) is 9.37 Å². The second kappa shape index (κ2) is 9.51. The highest BCUT2D eigenvalue weighted by molar-refractivity contribution is 7.13. The molecule has 1 amide bonds. The Bertz CT molecular complexity index is 966. The molecule has 8 heteroatoms. The number of benzene rings is 1. The number of rotatable bonds is 7. The minimum atomic E-state index is -0.272. The predicted molar refractivity (Wildman–Crippen MR) is 113 cm³/mol. The second-order valence-corrected chi connectivity index (χ2v) is 8.14. The number of ether oxygens (including phenoxy) is 1. The molecule has 3 aromatic rings. The Labute approximate surface area is 178 Å². The zero-order valence-electron chi connectivity index (χ0n) is 16.8. The highest BCUT2D eigenvalue weighted by atomic mass is 32.1. The normalized spacial score (nSPS) is 15.8. The van der Waals surface area contributed by atoms with Gasteiger partial charge in [-0.05, 0) is 36.1 Å². The molecule has 0 bridgehead atoms. The standard InChI is InChI=1S/C22H24FN3O3S/c1-15-18(25-22(29-15)20-3-2-12-30-20)13-21(27)24-14-19(26-8-10-28-11-9-26)16-4-6-17(23)7-5-16/h2-7,12,19H,8-11,13-14H2,1H3,(H,24,27). The van der Waals surface area contributed by atoms with Gasteiger partial charge in [0, 0.05) is 19.6 Å². The summed E-state index contributed by atoms with van der Waals surface area (Å²) in [6.07, 6.45) is 0.153. The van der Waals surface area contributed by atoms with Crippen LogP contribution >= 0.6 is 11.3 Å². The van der Waals surface area contributed by atoms with Crippen LogP contribution in [0.3, 0.4) is 0 Å². The number of carbonyl (C=O) groups is 1. The Morgan fingerprint density at radius 3 is 2.73 bits per heavy atom. The molecule has 1 aromatic carbocycles. The molecule has 0 aliphatic carbocycles. The van der Waals surface area contributed by atoms with Crippen molar-refractivity contribution in [1.29, 1.82) is 0 Å². The van der Waals surface area contributed by atoms with Crippen molar-refractivity contribution >= 4 is 17.2 Å². The van der Waals surface area contributed by atoms with E-state index in [9.17, 15) is 9.18 Å². The average Bonchev–Trinajstić information content (AvgIpc) is 3.41. The fourth-order valence-electron chi connectivity index (χ4n) is 3.55. The van der Waals surface area contributed by atoms with Crippen molar-refractivity contribution in [3.63, 3.8) is 0 Å². The molecule has 1 fully saturated rings. The zero-order chi connectivity index (χ0) is 20.9. The first-order valence-electron chi connectivity index (χ1n) is 9.94. The van der Waals surface area contributed by atoms with Gasteiger partial charge in [0.2, 0.25) is 11.8 Å². The summed E-state index contributed by atoms with van der Waals surface area (Å²) in [5.74, 6) is 0.802. The maximum absolute atomic E-state index is 13.4. The predicted octanol–water partition coefficient (Wildman–Crippen LogP) is 3.58. The molecule has 30 heavy (non-hydrogen) atoms. The summed E-state index contributed by atoms with van der Waals surface area (Å²) in [5.41, 5.74) is 1.61. The summed E-state index contributed by atoms with van der Waals surface area (Å²) in [4.78, 5) is 20.3. The fraction of sp³-hybridized carbons (Fsp3) is 0.364. The summed E-state index contributed by atoms with van der Waals surface area (Å²) in [5, 5.41) is 4.98. The molecule has 0 spiro atoms. The van der Waals surface area contributed by atoms with E-state index in [0.717, 1.165) is 23.5 Å². The lowest BCUT2D eigenvalue weighted by Gasteiger charge is -2.35. The highest BCUT2D eigenvalue weighted by Crippen LogP contribution is 2.26. The molecular formula is C22H24FN3O3S. The Balaban J connectivity index is 1.41. The van der Waals surface area contributed by atoms with E-state index >= 15 is 0 Å². The number of nitrogens with zero attached hydrogens (tertiary/aromatic N) is 2. The first-order valence-corrected chi connectivity index (χ1v) is 10.8. The van der Waals surface area contributed by atoms with Crippen molar-refractivity contribution in [2.24, 2.45) is 0 Å². The van der Waals surface area contributed by atoms with Crippen LogP contribution in [0.5, 0.6) is 0 Å². The number of oxazole rings is 1. The van der Waals surface area contributed by atoms with E-state index in [-0.39, 0.29) is 24.2 Å². The van der Waals surface area contributed by atoms with E-state index in [1.54, 1.807) is 23.5 Å². The van der Waals surface area contributed by atoms with Crippen molar-refractivity contribution in [2.45, 2.75) is 19.4 Å². The largest absolute Gasteiger partial charge is 0.440 e. The summed E-state index contributed by atoms with van der Waals surface area (Å²) in [6.45, 7) is 5.08. The second-order valence-electron chi connectivity index (χ2n) is 7.20. The van der Waals surface area contributed by atoms with Gasteiger partial charge in [-0.1, -0.05) is 18.2 Å². The van der Waals surface area contributed by atoms with Gasteiger partial charge in [0.15, 0.2) is 0 Å². The average molecular weight is 430 g/mol. The molecule has 1 N–H and O–H groups in total. The first kappa shape index (κ1) is 20.7. The number of amides is 1. The molecule has 1 aliphatic rings. The number of aromatic nitrogens is 1. The summed E-state index contributed by atoms with van der Waals surface area (Å²) >= 11 is 1.55. The summed E-state index contributed by atoms with van der Waals surface area (Å²) in [6, 6.07) is 10.3. The van der Waals surface area contributed by atoms with E-state index in [0.29, 0.717) is 37.1 Å². The molecule has 3 heterocycles. The Morgan fingerprint density at radius 2 is 2.03 bits per heavy atom. The third-order valence-electron chi connectivity index (χ3n) is 5.19. The summed E-state index contributed by atoms with van der Waals surface area (Å²) < 4.78 is 24.5. The lowest BCUT2D eigenvalue weighted by molar-refractivity contribution is -0.120. The maximum Gasteiger partial charge on any atom is 0.236 e. The lowest BCUT2D eigenvalue weighted by atomic mass is 10.0. The maximum atomic E-state index is 13.4. The minimum Gasteiger partial charge on any atom is -0.440 e. The monoisotopic (exact) mass is 429 g/mol. The van der Waals surface area contributed by atoms with Crippen molar-refractivity contribution in [3.05, 3.63) is 64.6 Å². The fourth-order valence-corrected chi connectivity index (χ4v) is 4.20. The molecule has 1 aliphatic heterocycles. The van der Waals surface area contributed by atoms with Gasteiger partial charge in [-0.3, -0.25) is 9.69 Å². The van der Waals surface area contributed by atoms with E-state index in [1.807, 2.05) is 24.4 Å². The third kappa shape index (κ3) is 4.95. The highest BCUT2D eigenvalue weighted by Gasteiger charge is 2.24. The summed E-state index contributed by atoms with van der Waals surface area (Å²) in [7, 11) is 0. The molecule has 1 saturated heterocycles. The molecule has 6 nitrogen and oxygen atoms in total. The minimum absolute atomic E-state index is 0.0430. The molecular weight excluding hydrogens is 405 g/mol. The van der Waals surface area contributed by atoms with Crippen LogP contribution in [-0.4, -0.2) is 48.6 Å². The van der Waals surface area contributed by atoms with Crippen molar-refractivity contribution in [2.75, 3.05) is 32.8 Å². The molecule has 0 radical (unpaired) electrons. The van der Waals surface area contributed by atoms with Crippen LogP contribution in [0.2, 0.25) is 0 Å². The number of morpholine rings is 1. The smallest absolute Gasteiger partial charge is 0.236 e. The van der Waals surface area contributed by atoms with Crippen molar-refractivity contribution in [3.8, 4) is 10.8 Å². The van der Waals surface area contributed by atoms with E-state index in [2.05, 4.69) is 15.2 Å². The number of nitrogens with one attached hydrogen (secondary N) is 1. The van der Waals surface area contributed by atoms with Gasteiger partial charge in [0.25, 0.3) is 0 Å². The van der Waals surface area contributed by atoms with Crippen LogP contribution < -0.4 is 5.32 Å². The van der Waals surface area contributed by atoms with E-state index < -0.39 is 0 Å². The number of hydrogen-bond donors (Lipinski definition) is 1. The Hall–Kier alpha value is -2.55. The van der Waals surface area contributed by atoms with Crippen LogP contribution in [-0.2, 0) is 16.0 Å². The van der Waals surface area contributed by atoms with Gasteiger partial charge < -0.3 is 14.5 Å². The van der Waals surface area contributed by atoms with Crippen LogP contribution in [0.15, 0.2) is 46.2 Å². The number of hydrogen-bond acceptors (Lipinski definition) is 6. The molecule has 158 valence electrons. The van der Waals surface area contributed by atoms with Gasteiger partial charge >= 0.3 is 0 Å². The molecule has 4 rings (SSSR count). The van der Waals surface area contributed by atoms with E-state index in [1.165, 1.54) is 12.1 Å². The third-order valence-corrected chi connectivity index (χ3v) is 6.04. The number of halogens is 1. The quantitative estimate of drug-likeness (QED) is 0.622. The van der Waals surface area contributed by atoms with Crippen molar-refractivity contribution < 1.29 is 18.3 Å². The Kier molecular flexibility index (Phi) is 6.56. The Morgan fingerprint density at radius 1 is 1.27 bits per heavy atom. The number of thiophene rings is 1. The van der Waals surface area contributed by atoms with Gasteiger partial charge in [0.05, 0.1) is 36.2 Å². The molecule has 1 atom stereocenters. The van der Waals surface area contributed by atoms with Gasteiger partial charge in [0.1, 0.15) is 11.6 Å². The van der Waals surface area contributed by atoms with Crippen LogP contribution in [0.4, 0.5) is 4.39 Å². The van der Waals surface area contributed by atoms with E-state index in [4.69, 9.17) is 9.15 Å². The van der Waals surface area contributed by atoms with Crippen LogP contribution in [0, 0.1) is 12.7 Å².